The van der Waals surface area contributed by atoms with Crippen molar-refractivity contribution >= 4 is 28.8 Å². The zero-order valence-corrected chi connectivity index (χ0v) is 20.5. The summed E-state index contributed by atoms with van der Waals surface area (Å²) in [7, 11) is 5.37. The standard InChI is InChI=1S/C25H35N3O5/c1-25(2,3)33-24(29)21-16-18-15-19(30-6)7-8-20(18)23(22(21)26-17-27(4)5)32-14-11-28-9-12-31-13-10-28/h7-8,15-17H,9-14H2,1-6H3/b26-17+. The van der Waals surface area contributed by atoms with E-state index in [4.69, 9.17) is 18.9 Å². The molecule has 3 rings (SSSR count). The summed E-state index contributed by atoms with van der Waals surface area (Å²) >= 11 is 0. The monoisotopic (exact) mass is 457 g/mol. The van der Waals surface area contributed by atoms with Crippen LogP contribution < -0.4 is 9.47 Å². The van der Waals surface area contributed by atoms with Crippen molar-refractivity contribution in [2.24, 2.45) is 4.99 Å². The third-order valence-electron chi connectivity index (χ3n) is 5.07. The highest BCUT2D eigenvalue weighted by molar-refractivity contribution is 6.06. The van der Waals surface area contributed by atoms with Crippen molar-refractivity contribution in [1.29, 1.82) is 0 Å². The Balaban J connectivity index is 2.07. The van der Waals surface area contributed by atoms with Crippen molar-refractivity contribution in [3.8, 4) is 11.5 Å². The topological polar surface area (TPSA) is 72.8 Å². The molecule has 8 heteroatoms. The Kier molecular flexibility index (Phi) is 8.15. The van der Waals surface area contributed by atoms with Crippen LogP contribution in [0.25, 0.3) is 10.8 Å². The van der Waals surface area contributed by atoms with Crippen molar-refractivity contribution in [3.63, 3.8) is 0 Å². The van der Waals surface area contributed by atoms with Gasteiger partial charge in [0, 0.05) is 39.1 Å². The molecule has 0 radical (unpaired) electrons. The van der Waals surface area contributed by atoms with Crippen LogP contribution in [0.4, 0.5) is 5.69 Å². The van der Waals surface area contributed by atoms with Gasteiger partial charge in [0.2, 0.25) is 0 Å². The number of esters is 1. The minimum absolute atomic E-state index is 0.352. The second-order valence-corrected chi connectivity index (χ2v) is 9.20. The zero-order chi connectivity index (χ0) is 24.0. The first kappa shape index (κ1) is 24.8. The highest BCUT2D eigenvalue weighted by Gasteiger charge is 2.25. The third-order valence-corrected chi connectivity index (χ3v) is 5.07. The Morgan fingerprint density at radius 1 is 1.21 bits per heavy atom. The van der Waals surface area contributed by atoms with E-state index in [-0.39, 0.29) is 0 Å². The first-order valence-electron chi connectivity index (χ1n) is 11.2. The number of morpholine rings is 1. The number of carbonyl (C=O) groups excluding carboxylic acids is 1. The highest BCUT2D eigenvalue weighted by Crippen LogP contribution is 2.41. The number of nitrogens with zero attached hydrogens (tertiary/aromatic N) is 3. The van der Waals surface area contributed by atoms with E-state index in [1.54, 1.807) is 19.5 Å². The summed E-state index contributed by atoms with van der Waals surface area (Å²) in [6.07, 6.45) is 1.66. The molecule has 0 bridgehead atoms. The van der Waals surface area contributed by atoms with Gasteiger partial charge in [0.25, 0.3) is 0 Å². The number of aliphatic imine (C=N–C) groups is 1. The lowest BCUT2D eigenvalue weighted by atomic mass is 10.0. The average molecular weight is 458 g/mol. The minimum atomic E-state index is -0.639. The maximum atomic E-state index is 13.2. The minimum Gasteiger partial charge on any atom is -0.497 e. The molecule has 2 aromatic carbocycles. The summed E-state index contributed by atoms with van der Waals surface area (Å²) in [5.74, 6) is 0.806. The van der Waals surface area contributed by atoms with E-state index in [2.05, 4.69) is 9.89 Å². The molecule has 2 aromatic rings. The van der Waals surface area contributed by atoms with Crippen LogP contribution in [-0.4, -0.2) is 88.4 Å². The van der Waals surface area contributed by atoms with Crippen molar-refractivity contribution in [2.75, 3.05) is 60.7 Å². The molecule has 1 heterocycles. The van der Waals surface area contributed by atoms with Crippen LogP contribution in [0, 0.1) is 0 Å². The molecule has 33 heavy (non-hydrogen) atoms. The molecule has 0 aliphatic carbocycles. The number of benzene rings is 2. The molecule has 1 saturated heterocycles. The van der Waals surface area contributed by atoms with E-state index < -0.39 is 11.6 Å². The second kappa shape index (κ2) is 10.9. The van der Waals surface area contributed by atoms with E-state index in [0.717, 1.165) is 43.6 Å². The maximum Gasteiger partial charge on any atom is 0.341 e. The van der Waals surface area contributed by atoms with E-state index >= 15 is 0 Å². The van der Waals surface area contributed by atoms with Crippen LogP contribution in [0.1, 0.15) is 31.1 Å². The normalized spacial score (nSPS) is 15.1. The molecular formula is C25H35N3O5. The Morgan fingerprint density at radius 3 is 2.58 bits per heavy atom. The van der Waals surface area contributed by atoms with E-state index in [9.17, 15) is 4.79 Å². The van der Waals surface area contributed by atoms with E-state index in [0.29, 0.717) is 29.4 Å². The number of rotatable bonds is 8. The number of hydrogen-bond donors (Lipinski definition) is 0. The van der Waals surface area contributed by atoms with Crippen LogP contribution in [0.15, 0.2) is 29.3 Å². The first-order valence-corrected chi connectivity index (χ1v) is 11.2. The van der Waals surface area contributed by atoms with Crippen LogP contribution in [-0.2, 0) is 9.47 Å². The summed E-state index contributed by atoms with van der Waals surface area (Å²) in [5, 5.41) is 1.68. The van der Waals surface area contributed by atoms with Crippen molar-refractivity contribution in [1.82, 2.24) is 9.80 Å². The lowest BCUT2D eigenvalue weighted by Crippen LogP contribution is -2.38. The highest BCUT2D eigenvalue weighted by atomic mass is 16.6. The molecule has 0 N–H and O–H groups in total. The van der Waals surface area contributed by atoms with Crippen LogP contribution in [0.5, 0.6) is 11.5 Å². The fraction of sp³-hybridized carbons (Fsp3) is 0.520. The van der Waals surface area contributed by atoms with Crippen LogP contribution in [0.2, 0.25) is 0 Å². The average Bonchev–Trinajstić information content (AvgIpc) is 2.76. The van der Waals surface area contributed by atoms with Crippen molar-refractivity contribution < 1.29 is 23.7 Å². The lowest BCUT2D eigenvalue weighted by Gasteiger charge is -2.26. The predicted molar refractivity (Wildman–Crippen MR) is 130 cm³/mol. The number of fused-ring (bicyclic) bond motifs is 1. The Hall–Kier alpha value is -2.84. The first-order chi connectivity index (χ1) is 15.7. The molecule has 0 saturated carbocycles. The molecule has 1 aliphatic heterocycles. The molecule has 0 unspecified atom stereocenters. The predicted octanol–water partition coefficient (Wildman–Crippen LogP) is 3.74. The summed E-state index contributed by atoms with van der Waals surface area (Å²) in [6, 6.07) is 7.50. The largest absolute Gasteiger partial charge is 0.497 e. The molecule has 1 fully saturated rings. The fourth-order valence-electron chi connectivity index (χ4n) is 3.51. The molecule has 0 aromatic heterocycles. The van der Waals surface area contributed by atoms with Gasteiger partial charge in [-0.15, -0.1) is 0 Å². The van der Waals surface area contributed by atoms with Gasteiger partial charge in [-0.25, -0.2) is 9.79 Å². The molecule has 180 valence electrons. The van der Waals surface area contributed by atoms with Gasteiger partial charge in [-0.3, -0.25) is 4.90 Å². The smallest absolute Gasteiger partial charge is 0.341 e. The Bertz CT molecular complexity index is 992. The van der Waals surface area contributed by atoms with Crippen molar-refractivity contribution in [2.45, 2.75) is 26.4 Å². The Morgan fingerprint density at radius 2 is 1.94 bits per heavy atom. The maximum absolute atomic E-state index is 13.2. The van der Waals surface area contributed by atoms with Gasteiger partial charge in [-0.1, -0.05) is 0 Å². The van der Waals surface area contributed by atoms with Gasteiger partial charge in [0.1, 0.15) is 23.6 Å². The summed E-state index contributed by atoms with van der Waals surface area (Å²) in [4.78, 5) is 21.9. The zero-order valence-electron chi connectivity index (χ0n) is 20.5. The quantitative estimate of drug-likeness (QED) is 0.340. The molecule has 8 nitrogen and oxygen atoms in total. The molecule has 0 amide bonds. The van der Waals surface area contributed by atoms with Gasteiger partial charge in [0.05, 0.1) is 32.2 Å². The Labute approximate surface area is 196 Å². The summed E-state index contributed by atoms with van der Waals surface area (Å²) in [6.45, 7) is 9.98. The van der Waals surface area contributed by atoms with Crippen LogP contribution >= 0.6 is 0 Å². The van der Waals surface area contributed by atoms with Gasteiger partial charge in [0.15, 0.2) is 5.75 Å². The van der Waals surface area contributed by atoms with E-state index in [1.807, 2.05) is 58.0 Å². The SMILES string of the molecule is COc1ccc2c(OCCN3CCOCC3)c(/N=C/N(C)C)c(C(=O)OC(C)(C)C)cc2c1. The van der Waals surface area contributed by atoms with Crippen LogP contribution in [0.3, 0.4) is 0 Å². The molecule has 1 aliphatic rings. The van der Waals surface area contributed by atoms with Gasteiger partial charge >= 0.3 is 5.97 Å². The number of hydrogen-bond acceptors (Lipinski definition) is 7. The molecule has 0 atom stereocenters. The lowest BCUT2D eigenvalue weighted by molar-refractivity contribution is 0.00701. The number of carbonyl (C=O) groups is 1. The summed E-state index contributed by atoms with van der Waals surface area (Å²) in [5.41, 5.74) is 0.170. The van der Waals surface area contributed by atoms with Gasteiger partial charge in [-0.2, -0.15) is 0 Å². The third kappa shape index (κ3) is 6.82. The van der Waals surface area contributed by atoms with E-state index in [1.165, 1.54) is 0 Å². The van der Waals surface area contributed by atoms with Gasteiger partial charge < -0.3 is 23.8 Å². The number of methoxy groups -OCH3 is 1. The summed E-state index contributed by atoms with van der Waals surface area (Å²) < 4.78 is 22.8. The number of ether oxygens (including phenoxy) is 4. The fourth-order valence-corrected chi connectivity index (χ4v) is 3.51. The van der Waals surface area contributed by atoms with Gasteiger partial charge in [-0.05, 0) is 50.4 Å². The van der Waals surface area contributed by atoms with Crippen molar-refractivity contribution in [3.05, 3.63) is 29.8 Å². The second-order valence-electron chi connectivity index (χ2n) is 9.20. The molecule has 0 spiro atoms. The molecular weight excluding hydrogens is 422 g/mol.